The second-order valence-corrected chi connectivity index (χ2v) is 6.36. The Hall–Kier alpha value is -3.60. The Bertz CT molecular complexity index is 1050. The molecule has 5 heteroatoms. The van der Waals surface area contributed by atoms with Crippen molar-refractivity contribution in [3.8, 4) is 5.75 Å². The third-order valence-electron chi connectivity index (χ3n) is 4.33. The number of carbonyl (C=O) groups excluding carboxylic acids is 1. The Morgan fingerprint density at radius 2 is 1.75 bits per heavy atom. The van der Waals surface area contributed by atoms with Crippen LogP contribution >= 0.6 is 0 Å². The SMILES string of the molecule is CCOc1ccc(C(=O)Nc2ccc(Cc3nc4ccccc4o3)cc2)cc1. The maximum absolute atomic E-state index is 12.4. The molecule has 28 heavy (non-hydrogen) atoms. The van der Waals surface area contributed by atoms with Crippen LogP contribution in [0.4, 0.5) is 5.69 Å². The molecule has 0 aliphatic heterocycles. The van der Waals surface area contributed by atoms with Crippen molar-refractivity contribution in [2.75, 3.05) is 11.9 Å². The third-order valence-corrected chi connectivity index (χ3v) is 4.33. The van der Waals surface area contributed by atoms with Crippen molar-refractivity contribution in [3.63, 3.8) is 0 Å². The molecule has 1 aromatic heterocycles. The topological polar surface area (TPSA) is 64.4 Å². The summed E-state index contributed by atoms with van der Waals surface area (Å²) in [5, 5.41) is 2.90. The van der Waals surface area contributed by atoms with E-state index in [1.165, 1.54) is 0 Å². The van der Waals surface area contributed by atoms with Gasteiger partial charge in [0.15, 0.2) is 11.5 Å². The van der Waals surface area contributed by atoms with Crippen LogP contribution < -0.4 is 10.1 Å². The van der Waals surface area contributed by atoms with Crippen molar-refractivity contribution >= 4 is 22.7 Å². The summed E-state index contributed by atoms with van der Waals surface area (Å²) in [6, 6.07) is 22.5. The number of anilines is 1. The molecule has 0 aliphatic rings. The summed E-state index contributed by atoms with van der Waals surface area (Å²) in [4.78, 5) is 16.9. The maximum Gasteiger partial charge on any atom is 0.255 e. The van der Waals surface area contributed by atoms with Crippen LogP contribution in [-0.4, -0.2) is 17.5 Å². The monoisotopic (exact) mass is 372 g/mol. The van der Waals surface area contributed by atoms with Gasteiger partial charge in [-0.05, 0) is 61.0 Å². The molecule has 0 radical (unpaired) electrons. The van der Waals surface area contributed by atoms with E-state index in [-0.39, 0.29) is 5.91 Å². The molecule has 0 spiro atoms. The van der Waals surface area contributed by atoms with Crippen LogP contribution in [0.5, 0.6) is 5.75 Å². The number of amides is 1. The standard InChI is InChI=1S/C23H20N2O3/c1-2-27-19-13-9-17(10-14-19)23(26)24-18-11-7-16(8-12-18)15-22-25-20-5-3-4-6-21(20)28-22/h3-14H,2,15H2,1H3,(H,24,26). The highest BCUT2D eigenvalue weighted by atomic mass is 16.5. The van der Waals surface area contributed by atoms with Gasteiger partial charge in [-0.25, -0.2) is 4.98 Å². The molecule has 1 heterocycles. The number of oxazole rings is 1. The normalized spacial score (nSPS) is 10.8. The lowest BCUT2D eigenvalue weighted by atomic mass is 10.1. The molecule has 4 aromatic rings. The molecule has 0 atom stereocenters. The lowest BCUT2D eigenvalue weighted by Crippen LogP contribution is -2.11. The van der Waals surface area contributed by atoms with Gasteiger partial charge in [-0.15, -0.1) is 0 Å². The molecular formula is C23H20N2O3. The van der Waals surface area contributed by atoms with Crippen molar-refractivity contribution in [1.29, 1.82) is 0 Å². The molecule has 0 saturated carbocycles. The summed E-state index contributed by atoms with van der Waals surface area (Å²) in [5.74, 6) is 1.27. The van der Waals surface area contributed by atoms with Crippen molar-refractivity contribution in [3.05, 3.63) is 89.8 Å². The van der Waals surface area contributed by atoms with E-state index in [9.17, 15) is 4.79 Å². The first-order valence-electron chi connectivity index (χ1n) is 9.19. The van der Waals surface area contributed by atoms with E-state index < -0.39 is 0 Å². The predicted octanol–water partition coefficient (Wildman–Crippen LogP) is 5.07. The molecule has 140 valence electrons. The van der Waals surface area contributed by atoms with Gasteiger partial charge in [0.05, 0.1) is 6.61 Å². The van der Waals surface area contributed by atoms with Crippen LogP contribution in [-0.2, 0) is 6.42 Å². The summed E-state index contributed by atoms with van der Waals surface area (Å²) < 4.78 is 11.2. The van der Waals surface area contributed by atoms with E-state index in [0.717, 1.165) is 28.1 Å². The van der Waals surface area contributed by atoms with E-state index in [0.29, 0.717) is 24.5 Å². The molecule has 0 fully saturated rings. The molecule has 4 rings (SSSR count). The second kappa shape index (κ2) is 7.96. The number of nitrogens with zero attached hydrogens (tertiary/aromatic N) is 1. The zero-order chi connectivity index (χ0) is 19.3. The molecule has 3 aromatic carbocycles. The van der Waals surface area contributed by atoms with Gasteiger partial charge in [0.25, 0.3) is 5.91 Å². The largest absolute Gasteiger partial charge is 0.494 e. The number of hydrogen-bond acceptors (Lipinski definition) is 4. The highest BCUT2D eigenvalue weighted by molar-refractivity contribution is 6.04. The molecule has 5 nitrogen and oxygen atoms in total. The summed E-state index contributed by atoms with van der Waals surface area (Å²) in [6.45, 7) is 2.52. The van der Waals surface area contributed by atoms with Crippen LogP contribution in [0.25, 0.3) is 11.1 Å². The van der Waals surface area contributed by atoms with Gasteiger partial charge in [-0.3, -0.25) is 4.79 Å². The molecule has 1 amide bonds. The third kappa shape index (κ3) is 4.04. The van der Waals surface area contributed by atoms with Gasteiger partial charge in [0, 0.05) is 17.7 Å². The number of ether oxygens (including phenoxy) is 1. The Labute approximate surface area is 163 Å². The van der Waals surface area contributed by atoms with E-state index in [2.05, 4.69) is 10.3 Å². The Balaban J connectivity index is 1.40. The number of nitrogens with one attached hydrogen (secondary N) is 1. The smallest absolute Gasteiger partial charge is 0.255 e. The second-order valence-electron chi connectivity index (χ2n) is 6.36. The Morgan fingerprint density at radius 3 is 2.46 bits per heavy atom. The number of rotatable bonds is 6. The zero-order valence-corrected chi connectivity index (χ0v) is 15.5. The van der Waals surface area contributed by atoms with Gasteiger partial charge in [-0.2, -0.15) is 0 Å². The van der Waals surface area contributed by atoms with E-state index in [1.54, 1.807) is 24.3 Å². The fraction of sp³-hybridized carbons (Fsp3) is 0.130. The molecule has 0 bridgehead atoms. The van der Waals surface area contributed by atoms with E-state index in [1.807, 2.05) is 55.5 Å². The predicted molar refractivity (Wildman–Crippen MR) is 109 cm³/mol. The van der Waals surface area contributed by atoms with Crippen LogP contribution in [0.2, 0.25) is 0 Å². The number of aromatic nitrogens is 1. The summed E-state index contributed by atoms with van der Waals surface area (Å²) in [7, 11) is 0. The Kier molecular flexibility index (Phi) is 5.06. The van der Waals surface area contributed by atoms with Gasteiger partial charge in [0.2, 0.25) is 0 Å². The van der Waals surface area contributed by atoms with Crippen molar-refractivity contribution < 1.29 is 13.9 Å². The molecule has 1 N–H and O–H groups in total. The number of para-hydroxylation sites is 2. The lowest BCUT2D eigenvalue weighted by Gasteiger charge is -2.07. The number of carbonyl (C=O) groups is 1. The first-order chi connectivity index (χ1) is 13.7. The minimum absolute atomic E-state index is 0.158. The molecule has 0 saturated heterocycles. The molecule has 0 unspecified atom stereocenters. The number of hydrogen-bond donors (Lipinski definition) is 1. The average molecular weight is 372 g/mol. The minimum atomic E-state index is -0.158. The van der Waals surface area contributed by atoms with Crippen molar-refractivity contribution in [1.82, 2.24) is 4.98 Å². The molecular weight excluding hydrogens is 352 g/mol. The van der Waals surface area contributed by atoms with Crippen molar-refractivity contribution in [2.45, 2.75) is 13.3 Å². The summed E-state index contributed by atoms with van der Waals surface area (Å²) >= 11 is 0. The number of benzene rings is 3. The maximum atomic E-state index is 12.4. The first-order valence-corrected chi connectivity index (χ1v) is 9.19. The van der Waals surface area contributed by atoms with Crippen LogP contribution in [0, 0.1) is 0 Å². The minimum Gasteiger partial charge on any atom is -0.494 e. The van der Waals surface area contributed by atoms with E-state index >= 15 is 0 Å². The highest BCUT2D eigenvalue weighted by Crippen LogP contribution is 2.19. The zero-order valence-electron chi connectivity index (χ0n) is 15.5. The average Bonchev–Trinajstić information content (AvgIpc) is 3.12. The summed E-state index contributed by atoms with van der Waals surface area (Å²) in [6.07, 6.45) is 0.599. The van der Waals surface area contributed by atoms with Crippen LogP contribution in [0.1, 0.15) is 28.7 Å². The van der Waals surface area contributed by atoms with Gasteiger partial charge in [0.1, 0.15) is 11.3 Å². The van der Waals surface area contributed by atoms with Crippen LogP contribution in [0.3, 0.4) is 0 Å². The Morgan fingerprint density at radius 1 is 1.00 bits per heavy atom. The van der Waals surface area contributed by atoms with Gasteiger partial charge < -0.3 is 14.5 Å². The first kappa shape index (κ1) is 17.8. The van der Waals surface area contributed by atoms with Gasteiger partial charge in [-0.1, -0.05) is 24.3 Å². The number of fused-ring (bicyclic) bond motifs is 1. The van der Waals surface area contributed by atoms with E-state index in [4.69, 9.17) is 9.15 Å². The highest BCUT2D eigenvalue weighted by Gasteiger charge is 2.08. The van der Waals surface area contributed by atoms with Crippen molar-refractivity contribution in [2.24, 2.45) is 0 Å². The van der Waals surface area contributed by atoms with Crippen LogP contribution in [0.15, 0.2) is 77.2 Å². The fourth-order valence-electron chi connectivity index (χ4n) is 2.95. The summed E-state index contributed by atoms with van der Waals surface area (Å²) in [5.41, 5.74) is 4.03. The van der Waals surface area contributed by atoms with Gasteiger partial charge >= 0.3 is 0 Å². The quantitative estimate of drug-likeness (QED) is 0.513. The lowest BCUT2D eigenvalue weighted by molar-refractivity contribution is 0.102. The molecule has 0 aliphatic carbocycles. The fourth-order valence-corrected chi connectivity index (χ4v) is 2.95.